The van der Waals surface area contributed by atoms with Gasteiger partial charge in [0.2, 0.25) is 0 Å². The van der Waals surface area contributed by atoms with Gasteiger partial charge in [0.15, 0.2) is 0 Å². The zero-order chi connectivity index (χ0) is 21.9. The zero-order valence-corrected chi connectivity index (χ0v) is 19.2. The maximum absolute atomic E-state index is 12.7. The molecular weight excluding hydrogens is 382 g/mol. The zero-order valence-electron chi connectivity index (χ0n) is 19.2. The van der Waals surface area contributed by atoms with Crippen molar-refractivity contribution in [3.8, 4) is 6.07 Å². The van der Waals surface area contributed by atoms with E-state index in [1.807, 2.05) is 6.08 Å². The van der Waals surface area contributed by atoms with Crippen molar-refractivity contribution < 1.29 is 9.53 Å². The largest absolute Gasteiger partial charge is 0.462 e. The molecule has 3 nitrogen and oxygen atoms in total. The van der Waals surface area contributed by atoms with E-state index in [9.17, 15) is 4.79 Å². The second-order valence-corrected chi connectivity index (χ2v) is 9.56. The van der Waals surface area contributed by atoms with Gasteiger partial charge in [0, 0.05) is 6.08 Å². The number of carbonyl (C=O) groups is 1. The Balaban J connectivity index is 1.38. The average molecular weight is 422 g/mol. The highest BCUT2D eigenvalue weighted by Crippen LogP contribution is 2.37. The molecule has 1 aromatic carbocycles. The average Bonchev–Trinajstić information content (AvgIpc) is 2.82. The van der Waals surface area contributed by atoms with E-state index in [-0.39, 0.29) is 18.0 Å². The standard InChI is InChI=1S/C28H39NO2/c1-2-3-4-5-7-22-9-13-24(14-10-22)25-15-17-26(18-16-25)28(30)31-27-19-11-23(12-20-27)8-6-21-29/h6,8-10,13-14,23,25-27H,2-5,7,11-12,15-20H2,1H3. The fraction of sp³-hybridized carbons (Fsp3) is 0.643. The van der Waals surface area contributed by atoms with Gasteiger partial charge in [0.25, 0.3) is 0 Å². The Bertz CT molecular complexity index is 729. The quantitative estimate of drug-likeness (QED) is 0.239. The number of carbonyl (C=O) groups excluding carboxylic acids is 1. The van der Waals surface area contributed by atoms with E-state index in [4.69, 9.17) is 10.00 Å². The van der Waals surface area contributed by atoms with Crippen molar-refractivity contribution in [3.05, 3.63) is 47.5 Å². The summed E-state index contributed by atoms with van der Waals surface area (Å²) in [5.41, 5.74) is 2.89. The smallest absolute Gasteiger partial charge is 0.309 e. The van der Waals surface area contributed by atoms with E-state index in [2.05, 4.69) is 37.3 Å². The Hall–Kier alpha value is -2.08. The Morgan fingerprint density at radius 1 is 1.00 bits per heavy atom. The molecule has 0 unspecified atom stereocenters. The first-order valence-corrected chi connectivity index (χ1v) is 12.5. The molecule has 0 atom stereocenters. The molecule has 2 saturated carbocycles. The summed E-state index contributed by atoms with van der Waals surface area (Å²) in [7, 11) is 0. The second-order valence-electron chi connectivity index (χ2n) is 9.56. The molecule has 0 saturated heterocycles. The Labute approximate surface area is 188 Å². The summed E-state index contributed by atoms with van der Waals surface area (Å²) >= 11 is 0. The number of aryl methyl sites for hydroxylation is 1. The molecule has 0 radical (unpaired) electrons. The van der Waals surface area contributed by atoms with Crippen LogP contribution in [0.25, 0.3) is 0 Å². The molecule has 2 fully saturated rings. The molecule has 1 aromatic rings. The molecule has 0 bridgehead atoms. The van der Waals surface area contributed by atoms with Gasteiger partial charge in [-0.15, -0.1) is 0 Å². The van der Waals surface area contributed by atoms with Gasteiger partial charge in [-0.3, -0.25) is 4.79 Å². The first kappa shape index (κ1) is 23.6. The van der Waals surface area contributed by atoms with Gasteiger partial charge in [-0.2, -0.15) is 5.26 Å². The third-order valence-electron chi connectivity index (χ3n) is 7.28. The molecule has 2 aliphatic carbocycles. The lowest BCUT2D eigenvalue weighted by molar-refractivity contribution is -0.157. The van der Waals surface area contributed by atoms with Crippen LogP contribution in [0.3, 0.4) is 0 Å². The monoisotopic (exact) mass is 421 g/mol. The number of ether oxygens (including phenoxy) is 1. The second kappa shape index (κ2) is 12.7. The van der Waals surface area contributed by atoms with Gasteiger partial charge < -0.3 is 4.74 Å². The van der Waals surface area contributed by atoms with Crippen LogP contribution in [0.2, 0.25) is 0 Å². The minimum absolute atomic E-state index is 0.0249. The first-order chi connectivity index (χ1) is 15.2. The molecule has 0 aliphatic heterocycles. The van der Waals surface area contributed by atoms with Crippen LogP contribution in [0.5, 0.6) is 0 Å². The topological polar surface area (TPSA) is 50.1 Å². The fourth-order valence-corrected chi connectivity index (χ4v) is 5.21. The van der Waals surface area contributed by atoms with E-state index >= 15 is 0 Å². The van der Waals surface area contributed by atoms with E-state index < -0.39 is 0 Å². The van der Waals surface area contributed by atoms with Crippen LogP contribution < -0.4 is 0 Å². The van der Waals surface area contributed by atoms with E-state index in [1.165, 1.54) is 43.2 Å². The summed E-state index contributed by atoms with van der Waals surface area (Å²) in [6.45, 7) is 2.26. The van der Waals surface area contributed by atoms with Crippen molar-refractivity contribution in [2.45, 2.75) is 102 Å². The van der Waals surface area contributed by atoms with Crippen LogP contribution in [0.1, 0.15) is 101 Å². The molecule has 2 aliphatic rings. The molecular formula is C28H39NO2. The Morgan fingerprint density at radius 3 is 2.35 bits per heavy atom. The number of esters is 1. The molecule has 0 heterocycles. The van der Waals surface area contributed by atoms with Crippen molar-refractivity contribution in [2.24, 2.45) is 11.8 Å². The summed E-state index contributed by atoms with van der Waals surface area (Å²) in [5, 5.41) is 8.66. The lowest BCUT2D eigenvalue weighted by Crippen LogP contribution is -2.29. The highest BCUT2D eigenvalue weighted by Gasteiger charge is 2.30. The van der Waals surface area contributed by atoms with Gasteiger partial charge >= 0.3 is 5.97 Å². The van der Waals surface area contributed by atoms with Crippen LogP contribution in [0.4, 0.5) is 0 Å². The van der Waals surface area contributed by atoms with Crippen LogP contribution in [0.15, 0.2) is 36.4 Å². The highest BCUT2D eigenvalue weighted by molar-refractivity contribution is 5.72. The fourth-order valence-electron chi connectivity index (χ4n) is 5.21. The molecule has 0 amide bonds. The number of unbranched alkanes of at least 4 members (excludes halogenated alkanes) is 3. The summed E-state index contributed by atoms with van der Waals surface area (Å²) in [4.78, 5) is 12.7. The summed E-state index contributed by atoms with van der Waals surface area (Å²) in [6.07, 6.45) is 18.0. The number of nitriles is 1. The number of nitrogens with zero attached hydrogens (tertiary/aromatic N) is 1. The predicted molar refractivity (Wildman–Crippen MR) is 126 cm³/mol. The minimum Gasteiger partial charge on any atom is -0.462 e. The Morgan fingerprint density at radius 2 is 1.71 bits per heavy atom. The number of rotatable bonds is 9. The molecule has 0 spiro atoms. The third kappa shape index (κ3) is 7.53. The summed E-state index contributed by atoms with van der Waals surface area (Å²) < 4.78 is 5.87. The molecule has 31 heavy (non-hydrogen) atoms. The molecule has 168 valence electrons. The first-order valence-electron chi connectivity index (χ1n) is 12.5. The van der Waals surface area contributed by atoms with Crippen LogP contribution >= 0.6 is 0 Å². The SMILES string of the molecule is CCCCCCc1ccc(C2CCC(C(=O)OC3CCC(C=CC#N)CC3)CC2)cc1. The summed E-state index contributed by atoms with van der Waals surface area (Å²) in [5.74, 6) is 1.15. The number of allylic oxidation sites excluding steroid dienone is 2. The van der Waals surface area contributed by atoms with Gasteiger partial charge in [-0.1, -0.05) is 56.5 Å². The summed E-state index contributed by atoms with van der Waals surface area (Å²) in [6, 6.07) is 11.3. The van der Waals surface area contributed by atoms with E-state index in [0.717, 1.165) is 51.4 Å². The van der Waals surface area contributed by atoms with Gasteiger partial charge in [-0.25, -0.2) is 0 Å². The highest BCUT2D eigenvalue weighted by atomic mass is 16.5. The van der Waals surface area contributed by atoms with Crippen LogP contribution in [-0.4, -0.2) is 12.1 Å². The lowest BCUT2D eigenvalue weighted by atomic mass is 9.78. The number of hydrogen-bond acceptors (Lipinski definition) is 3. The lowest BCUT2D eigenvalue weighted by Gasteiger charge is -2.31. The molecule has 3 rings (SSSR count). The van der Waals surface area contributed by atoms with Crippen molar-refractivity contribution in [1.82, 2.24) is 0 Å². The predicted octanol–water partition coefficient (Wildman–Crippen LogP) is 7.26. The molecule has 0 aromatic heterocycles. The van der Waals surface area contributed by atoms with Gasteiger partial charge in [-0.05, 0) is 87.2 Å². The minimum atomic E-state index is 0.0249. The van der Waals surface area contributed by atoms with E-state index in [0.29, 0.717) is 11.8 Å². The van der Waals surface area contributed by atoms with E-state index in [1.54, 1.807) is 6.08 Å². The van der Waals surface area contributed by atoms with Gasteiger partial charge in [0.05, 0.1) is 12.0 Å². The van der Waals surface area contributed by atoms with Crippen molar-refractivity contribution in [1.29, 1.82) is 5.26 Å². The van der Waals surface area contributed by atoms with Crippen molar-refractivity contribution >= 4 is 5.97 Å². The number of benzene rings is 1. The van der Waals surface area contributed by atoms with Gasteiger partial charge in [0.1, 0.15) is 6.10 Å². The maximum Gasteiger partial charge on any atom is 0.309 e. The van der Waals surface area contributed by atoms with Crippen molar-refractivity contribution in [2.75, 3.05) is 0 Å². The molecule has 3 heteroatoms. The van der Waals surface area contributed by atoms with Crippen molar-refractivity contribution in [3.63, 3.8) is 0 Å². The normalized spacial score (nSPS) is 26.5. The Kier molecular flexibility index (Phi) is 9.66. The number of hydrogen-bond donors (Lipinski definition) is 0. The molecule has 0 N–H and O–H groups in total. The third-order valence-corrected chi connectivity index (χ3v) is 7.28. The maximum atomic E-state index is 12.7. The van der Waals surface area contributed by atoms with Crippen LogP contribution in [0, 0.1) is 23.2 Å². The van der Waals surface area contributed by atoms with Crippen LogP contribution in [-0.2, 0) is 16.0 Å².